The van der Waals surface area contributed by atoms with Crippen molar-refractivity contribution in [2.75, 3.05) is 16.9 Å². The Morgan fingerprint density at radius 3 is 2.55 bits per heavy atom. The molecule has 0 fully saturated rings. The molecule has 0 bridgehead atoms. The first kappa shape index (κ1) is 21.4. The first-order valence-corrected chi connectivity index (χ1v) is 12.0. The van der Waals surface area contributed by atoms with Gasteiger partial charge in [0.25, 0.3) is 5.69 Å². The Labute approximate surface area is 197 Å². The fourth-order valence-electron chi connectivity index (χ4n) is 4.93. The number of thioether (sulfide) groups is 1. The number of fused-ring (bicyclic) bond motifs is 2. The first-order chi connectivity index (χ1) is 15.8. The Bertz CT molecular complexity index is 1290. The lowest BCUT2D eigenvalue weighted by Gasteiger charge is -2.47. The number of hydrogen-bond acceptors (Lipinski definition) is 6. The summed E-state index contributed by atoms with van der Waals surface area (Å²) in [6.45, 7) is 5.00. The van der Waals surface area contributed by atoms with Crippen molar-refractivity contribution in [1.29, 1.82) is 0 Å². The number of ether oxygens (including phenoxy) is 1. The van der Waals surface area contributed by atoms with E-state index in [1.807, 2.05) is 42.7 Å². The molecule has 3 aromatic carbocycles. The van der Waals surface area contributed by atoms with Crippen LogP contribution in [0.1, 0.15) is 30.5 Å². The molecule has 0 saturated heterocycles. The second-order valence-electron chi connectivity index (χ2n) is 8.93. The van der Waals surface area contributed by atoms with Crippen LogP contribution in [0, 0.1) is 10.1 Å². The third-order valence-electron chi connectivity index (χ3n) is 6.73. The summed E-state index contributed by atoms with van der Waals surface area (Å²) in [5.41, 5.74) is 9.66. The monoisotopic (exact) mass is 459 g/mol. The number of nitrogens with zero attached hydrogens (tertiary/aromatic N) is 2. The van der Waals surface area contributed by atoms with Crippen molar-refractivity contribution in [2.45, 2.75) is 36.4 Å². The van der Waals surface area contributed by atoms with Gasteiger partial charge >= 0.3 is 0 Å². The highest BCUT2D eigenvalue weighted by molar-refractivity contribution is 7.98. The Balaban J connectivity index is 1.68. The average Bonchev–Trinajstić information content (AvgIpc) is 2.98. The Hall–Kier alpha value is -3.45. The lowest BCUT2D eigenvalue weighted by molar-refractivity contribution is -0.385. The van der Waals surface area contributed by atoms with Gasteiger partial charge in [-0.3, -0.25) is 10.1 Å². The van der Waals surface area contributed by atoms with Gasteiger partial charge in [0.15, 0.2) is 0 Å². The van der Waals surface area contributed by atoms with Crippen molar-refractivity contribution in [3.8, 4) is 5.75 Å². The minimum Gasteiger partial charge on any atom is -0.462 e. The highest BCUT2D eigenvalue weighted by atomic mass is 32.2. The molecule has 1 unspecified atom stereocenters. The van der Waals surface area contributed by atoms with Gasteiger partial charge in [0, 0.05) is 35.6 Å². The van der Waals surface area contributed by atoms with Crippen LogP contribution in [0.3, 0.4) is 0 Å². The van der Waals surface area contributed by atoms with E-state index in [0.717, 1.165) is 27.4 Å². The third kappa shape index (κ3) is 3.18. The van der Waals surface area contributed by atoms with Crippen LogP contribution in [0.15, 0.2) is 71.6 Å². The molecule has 1 spiro atoms. The van der Waals surface area contributed by atoms with Crippen LogP contribution in [0.4, 0.5) is 17.1 Å². The van der Waals surface area contributed by atoms with Gasteiger partial charge in [-0.1, -0.05) is 30.3 Å². The van der Waals surface area contributed by atoms with Crippen LogP contribution in [-0.2, 0) is 12.0 Å². The van der Waals surface area contributed by atoms with Gasteiger partial charge in [0.2, 0.25) is 5.72 Å². The van der Waals surface area contributed by atoms with Crippen molar-refractivity contribution in [3.05, 3.63) is 93.5 Å². The Morgan fingerprint density at radius 2 is 1.85 bits per heavy atom. The van der Waals surface area contributed by atoms with Crippen LogP contribution >= 0.6 is 11.8 Å². The molecule has 2 heterocycles. The molecule has 0 aromatic heterocycles. The molecule has 0 saturated carbocycles. The van der Waals surface area contributed by atoms with Crippen molar-refractivity contribution in [1.82, 2.24) is 0 Å². The average molecular weight is 460 g/mol. The molecule has 0 radical (unpaired) electrons. The molecule has 7 heteroatoms. The van der Waals surface area contributed by atoms with E-state index in [0.29, 0.717) is 12.3 Å². The molecular weight excluding hydrogens is 434 g/mol. The summed E-state index contributed by atoms with van der Waals surface area (Å²) >= 11 is 1.45. The Morgan fingerprint density at radius 1 is 1.12 bits per heavy atom. The highest BCUT2D eigenvalue weighted by Gasteiger charge is 2.59. The SMILES string of the molecule is CSc1cc([N+](=O)[O-])cc2c1OC1(C=C2)N(Cc2ccc(N)cc2)c2ccccc2C1(C)C. The largest absolute Gasteiger partial charge is 0.462 e. The summed E-state index contributed by atoms with van der Waals surface area (Å²) in [7, 11) is 0. The van der Waals surface area contributed by atoms with E-state index < -0.39 is 5.72 Å². The molecular formula is C26H25N3O3S. The predicted octanol–water partition coefficient (Wildman–Crippen LogP) is 6.00. The number of benzene rings is 3. The van der Waals surface area contributed by atoms with Gasteiger partial charge in [-0.05, 0) is 61.6 Å². The van der Waals surface area contributed by atoms with E-state index in [2.05, 4.69) is 43.0 Å². The normalized spacial score (nSPS) is 19.8. The minimum absolute atomic E-state index is 0.0648. The van der Waals surface area contributed by atoms with Gasteiger partial charge in [-0.2, -0.15) is 0 Å². The lowest BCUT2D eigenvalue weighted by atomic mass is 9.76. The first-order valence-electron chi connectivity index (χ1n) is 10.7. The second-order valence-corrected chi connectivity index (χ2v) is 9.77. The van der Waals surface area contributed by atoms with Crippen LogP contribution in [-0.4, -0.2) is 16.9 Å². The fraction of sp³-hybridized carbons (Fsp3) is 0.231. The van der Waals surface area contributed by atoms with Crippen molar-refractivity contribution in [3.63, 3.8) is 0 Å². The standard InChI is InChI=1S/C26H25N3O3S/c1-25(2)21-6-4-5-7-22(21)28(16-17-8-10-19(27)11-9-17)26(25)13-12-18-14-20(29(30)31)15-23(33-3)24(18)32-26/h4-15H,16,27H2,1-3H3. The molecule has 0 amide bonds. The summed E-state index contributed by atoms with van der Waals surface area (Å²) in [6, 6.07) is 19.4. The summed E-state index contributed by atoms with van der Waals surface area (Å²) in [6.07, 6.45) is 5.93. The van der Waals surface area contributed by atoms with Gasteiger partial charge in [-0.15, -0.1) is 11.8 Å². The van der Waals surface area contributed by atoms with Gasteiger partial charge in [-0.25, -0.2) is 0 Å². The van der Waals surface area contributed by atoms with Crippen LogP contribution in [0.25, 0.3) is 6.08 Å². The molecule has 2 aliphatic heterocycles. The molecule has 6 nitrogen and oxygen atoms in total. The number of para-hydroxylation sites is 1. The van der Waals surface area contributed by atoms with Gasteiger partial charge in [0.1, 0.15) is 5.75 Å². The maximum absolute atomic E-state index is 11.4. The molecule has 33 heavy (non-hydrogen) atoms. The molecule has 2 aliphatic rings. The van der Waals surface area contributed by atoms with Crippen molar-refractivity contribution in [2.24, 2.45) is 0 Å². The topological polar surface area (TPSA) is 81.6 Å². The van der Waals surface area contributed by atoms with Crippen LogP contribution in [0.2, 0.25) is 0 Å². The number of rotatable bonds is 4. The van der Waals surface area contributed by atoms with E-state index in [9.17, 15) is 10.1 Å². The Kier molecular flexibility index (Phi) is 4.90. The molecule has 1 atom stereocenters. The van der Waals surface area contributed by atoms with E-state index in [-0.39, 0.29) is 16.0 Å². The van der Waals surface area contributed by atoms with E-state index >= 15 is 0 Å². The number of nitrogens with two attached hydrogens (primary N) is 1. The lowest BCUT2D eigenvalue weighted by Crippen LogP contribution is -2.59. The molecule has 168 valence electrons. The molecule has 3 aromatic rings. The number of nitro benzene ring substituents is 1. The van der Waals surface area contributed by atoms with Crippen LogP contribution in [0.5, 0.6) is 5.75 Å². The number of hydrogen-bond donors (Lipinski definition) is 1. The predicted molar refractivity (Wildman–Crippen MR) is 134 cm³/mol. The number of nitro groups is 1. The zero-order valence-corrected chi connectivity index (χ0v) is 19.6. The fourth-order valence-corrected chi connectivity index (χ4v) is 5.51. The van der Waals surface area contributed by atoms with E-state index in [1.165, 1.54) is 17.3 Å². The van der Waals surface area contributed by atoms with Crippen molar-refractivity contribution >= 4 is 34.9 Å². The molecule has 2 N–H and O–H groups in total. The number of anilines is 2. The zero-order valence-electron chi connectivity index (χ0n) is 18.7. The smallest absolute Gasteiger partial charge is 0.271 e. The summed E-state index contributed by atoms with van der Waals surface area (Å²) in [4.78, 5) is 14.1. The van der Waals surface area contributed by atoms with Crippen LogP contribution < -0.4 is 15.4 Å². The highest BCUT2D eigenvalue weighted by Crippen LogP contribution is 2.56. The third-order valence-corrected chi connectivity index (χ3v) is 7.47. The summed E-state index contributed by atoms with van der Waals surface area (Å²) < 4.78 is 6.91. The summed E-state index contributed by atoms with van der Waals surface area (Å²) in [5.74, 6) is 0.679. The maximum atomic E-state index is 11.4. The molecule has 5 rings (SSSR count). The molecule has 0 aliphatic carbocycles. The number of nitrogen functional groups attached to an aromatic ring is 1. The quantitative estimate of drug-likeness (QED) is 0.223. The van der Waals surface area contributed by atoms with E-state index in [1.54, 1.807) is 12.1 Å². The maximum Gasteiger partial charge on any atom is 0.271 e. The second kappa shape index (κ2) is 7.56. The van der Waals surface area contributed by atoms with Crippen molar-refractivity contribution < 1.29 is 9.66 Å². The van der Waals surface area contributed by atoms with Gasteiger partial charge in [0.05, 0.1) is 15.2 Å². The van der Waals surface area contributed by atoms with E-state index in [4.69, 9.17) is 10.5 Å². The van der Waals surface area contributed by atoms with Gasteiger partial charge < -0.3 is 15.4 Å². The minimum atomic E-state index is -0.800. The summed E-state index contributed by atoms with van der Waals surface area (Å²) in [5, 5.41) is 11.4. The zero-order chi connectivity index (χ0) is 23.4. The number of non-ortho nitro benzene ring substituents is 1.